The molecule has 57 heavy (non-hydrogen) atoms. The first-order valence-corrected chi connectivity index (χ1v) is 21.5. The maximum atomic E-state index is 7.90. The Morgan fingerprint density at radius 1 is 0.772 bits per heavy atom. The number of aryl methyl sites for hydroxylation is 1. The smallest absolute Gasteiger partial charge is 0.246 e. The van der Waals surface area contributed by atoms with Crippen LogP contribution in [0.5, 0.6) is 17.2 Å². The Morgan fingerprint density at radius 3 is 2.09 bits per heavy atom. The fourth-order valence-corrected chi connectivity index (χ4v) is 11.5. The predicted molar refractivity (Wildman–Crippen MR) is 232 cm³/mol. The minimum Gasteiger partial charge on any atom is -0.472 e. The van der Waals surface area contributed by atoms with Crippen molar-refractivity contribution in [2.24, 2.45) is 11.8 Å². The molecule has 4 unspecified atom stereocenters. The number of anilines is 1. The summed E-state index contributed by atoms with van der Waals surface area (Å²) in [5.41, 5.74) is 10.4. The number of hydrogen-bond acceptors (Lipinski definition) is 5. The summed E-state index contributed by atoms with van der Waals surface area (Å²) in [6.07, 6.45) is 10.8. The molecule has 3 heterocycles. The van der Waals surface area contributed by atoms with Crippen molar-refractivity contribution >= 4 is 22.5 Å². The van der Waals surface area contributed by atoms with Crippen LogP contribution in [0.3, 0.4) is 0 Å². The summed E-state index contributed by atoms with van der Waals surface area (Å²) in [5, 5.41) is 2.24. The maximum absolute atomic E-state index is 7.90. The van der Waals surface area contributed by atoms with Crippen LogP contribution in [0.25, 0.3) is 28.0 Å². The summed E-state index contributed by atoms with van der Waals surface area (Å²) in [6, 6.07) is 31.7. The maximum Gasteiger partial charge on any atom is 0.246 e. The molecule has 0 N–H and O–H groups in total. The Kier molecular flexibility index (Phi) is 8.44. The van der Waals surface area contributed by atoms with Gasteiger partial charge in [0.05, 0.1) is 13.2 Å². The van der Waals surface area contributed by atoms with E-state index < -0.39 is 11.4 Å². The number of fused-ring (bicyclic) bond motifs is 9. The molecule has 5 nitrogen and oxygen atoms in total. The van der Waals surface area contributed by atoms with Gasteiger partial charge in [0.25, 0.3) is 0 Å². The van der Waals surface area contributed by atoms with E-state index in [9.17, 15) is 0 Å². The van der Waals surface area contributed by atoms with Crippen molar-refractivity contribution in [3.63, 3.8) is 0 Å². The van der Waals surface area contributed by atoms with E-state index >= 15 is 0 Å². The van der Waals surface area contributed by atoms with Crippen LogP contribution in [-0.4, -0.2) is 32.1 Å². The third-order valence-corrected chi connectivity index (χ3v) is 14.6. The number of morpholine rings is 1. The second-order valence-electron chi connectivity index (χ2n) is 18.5. The van der Waals surface area contributed by atoms with E-state index in [2.05, 4.69) is 137 Å². The van der Waals surface area contributed by atoms with E-state index in [1.807, 2.05) is 13.8 Å². The van der Waals surface area contributed by atoms with Gasteiger partial charge in [-0.05, 0) is 89.6 Å². The molecule has 3 aliphatic heterocycles. The monoisotopic (exact) mass is 759 g/mol. The molecule has 1 saturated heterocycles. The molecular weight excluding hydrogens is 703 g/mol. The Hall–Kier alpha value is -4.74. The van der Waals surface area contributed by atoms with Crippen molar-refractivity contribution in [1.29, 1.82) is 0 Å². The van der Waals surface area contributed by atoms with Crippen LogP contribution in [0.1, 0.15) is 107 Å². The quantitative estimate of drug-likeness (QED) is 0.165. The first kappa shape index (κ1) is 36.6. The van der Waals surface area contributed by atoms with Gasteiger partial charge in [0.2, 0.25) is 5.79 Å². The zero-order valence-corrected chi connectivity index (χ0v) is 34.8. The number of ether oxygens (including phenoxy) is 4. The first-order chi connectivity index (χ1) is 27.5. The van der Waals surface area contributed by atoms with Gasteiger partial charge >= 0.3 is 0 Å². The molecule has 0 amide bonds. The van der Waals surface area contributed by atoms with Crippen molar-refractivity contribution in [1.82, 2.24) is 0 Å². The average Bonchev–Trinajstić information content (AvgIpc) is 3.53. The Bertz CT molecular complexity index is 2400. The lowest BCUT2D eigenvalue weighted by Gasteiger charge is -2.61. The molecule has 0 radical (unpaired) electrons. The fraction of sp³-hybridized carbons (Fsp3) is 0.423. The zero-order chi connectivity index (χ0) is 39.3. The number of nitrogens with zero attached hydrogens (tertiary/aromatic N) is 1. The molecule has 294 valence electrons. The van der Waals surface area contributed by atoms with E-state index in [0.717, 1.165) is 72.9 Å². The fourth-order valence-electron chi connectivity index (χ4n) is 11.5. The lowest BCUT2D eigenvalue weighted by Crippen LogP contribution is -2.57. The molecule has 5 aromatic rings. The predicted octanol–water partition coefficient (Wildman–Crippen LogP) is 12.3. The van der Waals surface area contributed by atoms with E-state index in [0.29, 0.717) is 11.8 Å². The van der Waals surface area contributed by atoms with Crippen molar-refractivity contribution < 1.29 is 18.9 Å². The second-order valence-corrected chi connectivity index (χ2v) is 18.5. The highest BCUT2D eigenvalue weighted by Crippen LogP contribution is 2.68. The zero-order valence-electron chi connectivity index (χ0n) is 34.8. The molecular formula is C52H57NO4. The molecule has 0 aromatic heterocycles. The van der Waals surface area contributed by atoms with E-state index in [1.54, 1.807) is 0 Å². The topological polar surface area (TPSA) is 40.2 Å². The Balaban J connectivity index is 1.29. The van der Waals surface area contributed by atoms with Crippen LogP contribution >= 0.6 is 0 Å². The van der Waals surface area contributed by atoms with Crippen molar-refractivity contribution in [2.45, 2.75) is 103 Å². The summed E-state index contributed by atoms with van der Waals surface area (Å²) >= 11 is 0. The average molecular weight is 760 g/mol. The van der Waals surface area contributed by atoms with Crippen LogP contribution < -0.4 is 19.1 Å². The van der Waals surface area contributed by atoms with E-state index in [4.69, 9.17) is 18.9 Å². The number of unbranched alkanes of at least 4 members (excludes halogenated alkanes) is 1. The van der Waals surface area contributed by atoms with Gasteiger partial charge in [-0.15, -0.1) is 0 Å². The number of rotatable bonds is 7. The second kappa shape index (κ2) is 13.1. The van der Waals surface area contributed by atoms with Crippen LogP contribution in [0, 0.1) is 18.8 Å². The van der Waals surface area contributed by atoms with E-state index in [-0.39, 0.29) is 10.8 Å². The molecule has 2 fully saturated rings. The molecule has 2 aliphatic carbocycles. The highest BCUT2D eigenvalue weighted by atomic mass is 16.7. The standard InChI is InChI=1S/C52H57NO4/c1-8-9-25-51(42-23-16-34(42)3)47-39-24-26-52(35-17-14-33(2)15-18-35,36-19-21-37(22-20-36)53-27-29-54-30-28-53)57-48(39)41-32-45-44(55-50(6,7)56-45)31-40(41)46(47)38-12-10-11-13-43(38)49(51,4)5/h10-15,17-22,24,26,31-32,34,42H,8-9,16,23,25,27-30H2,1-7H3. The minimum absolute atomic E-state index is 0.115. The summed E-state index contributed by atoms with van der Waals surface area (Å²) in [7, 11) is 0. The summed E-state index contributed by atoms with van der Waals surface area (Å²) in [6.45, 7) is 19.4. The third kappa shape index (κ3) is 5.37. The highest BCUT2D eigenvalue weighted by molar-refractivity contribution is 6.08. The Morgan fingerprint density at radius 2 is 1.44 bits per heavy atom. The molecule has 0 spiro atoms. The summed E-state index contributed by atoms with van der Waals surface area (Å²) < 4.78 is 26.6. The van der Waals surface area contributed by atoms with E-state index in [1.165, 1.54) is 63.7 Å². The van der Waals surface area contributed by atoms with Crippen LogP contribution in [0.4, 0.5) is 5.69 Å². The minimum atomic E-state index is -0.862. The van der Waals surface area contributed by atoms with Gasteiger partial charge in [0.15, 0.2) is 17.1 Å². The van der Waals surface area contributed by atoms with Gasteiger partial charge in [-0.2, -0.15) is 0 Å². The molecule has 5 aliphatic rings. The molecule has 0 bridgehead atoms. The van der Waals surface area contributed by atoms with Gasteiger partial charge in [-0.25, -0.2) is 0 Å². The largest absolute Gasteiger partial charge is 0.472 e. The molecule has 10 rings (SSSR count). The lowest BCUT2D eigenvalue weighted by molar-refractivity contribution is -0.0431. The SMILES string of the molecule is CCCCC1(C2CCC2C)c2c3c(c4cc5c(cc4c2-c2ccccc2C1(C)C)OC(C)(C)O5)OC(c1ccc(C)cc1)(c1ccc(N2CCOCC2)cc1)C=C3. The molecule has 4 atom stereocenters. The van der Waals surface area contributed by atoms with Crippen molar-refractivity contribution in [3.8, 4) is 28.4 Å². The Labute approximate surface area is 339 Å². The van der Waals surface area contributed by atoms with Gasteiger partial charge in [0, 0.05) is 65.5 Å². The molecule has 5 aromatic carbocycles. The van der Waals surface area contributed by atoms with Crippen LogP contribution in [0.15, 0.2) is 91.0 Å². The van der Waals surface area contributed by atoms with Gasteiger partial charge in [0.1, 0.15) is 5.75 Å². The number of benzene rings is 5. The lowest BCUT2D eigenvalue weighted by atomic mass is 9.42. The molecule has 5 heteroatoms. The van der Waals surface area contributed by atoms with Crippen molar-refractivity contribution in [3.05, 3.63) is 124 Å². The van der Waals surface area contributed by atoms with Crippen molar-refractivity contribution in [2.75, 3.05) is 31.2 Å². The molecule has 1 saturated carbocycles. The van der Waals surface area contributed by atoms with Crippen LogP contribution in [-0.2, 0) is 21.2 Å². The summed E-state index contributed by atoms with van der Waals surface area (Å²) in [4.78, 5) is 2.42. The highest BCUT2D eigenvalue weighted by Gasteiger charge is 2.60. The summed E-state index contributed by atoms with van der Waals surface area (Å²) in [5.74, 6) is 2.91. The van der Waals surface area contributed by atoms with Gasteiger partial charge < -0.3 is 23.8 Å². The first-order valence-electron chi connectivity index (χ1n) is 21.5. The normalized spacial score (nSPS) is 26.3. The van der Waals surface area contributed by atoms with Crippen LogP contribution in [0.2, 0.25) is 0 Å². The van der Waals surface area contributed by atoms with Gasteiger partial charge in [-0.3, -0.25) is 0 Å². The number of hydrogen-bond donors (Lipinski definition) is 0. The van der Waals surface area contributed by atoms with Gasteiger partial charge in [-0.1, -0.05) is 119 Å². The third-order valence-electron chi connectivity index (χ3n) is 14.6.